The molecule has 0 saturated heterocycles. The first-order chi connectivity index (χ1) is 11.5. The minimum atomic E-state index is 0.384. The Hall–Kier alpha value is -1.72. The second-order valence-corrected chi connectivity index (χ2v) is 6.57. The third-order valence-electron chi connectivity index (χ3n) is 4.28. The van der Waals surface area contributed by atoms with Crippen LogP contribution in [-0.4, -0.2) is 39.9 Å². The zero-order chi connectivity index (χ0) is 17.5. The predicted octanol–water partition coefficient (Wildman–Crippen LogP) is 3.51. The molecule has 0 fully saturated rings. The van der Waals surface area contributed by atoms with Gasteiger partial charge >= 0.3 is 0 Å². The van der Waals surface area contributed by atoms with Gasteiger partial charge in [0, 0.05) is 56.8 Å². The van der Waals surface area contributed by atoms with Crippen LogP contribution in [0.25, 0.3) is 0 Å². The standard InChI is InChI=1S/C19H30N4O/c1-15(2)23-17(4)19(16(3)21-23)14-22(11-8-12-24-5)13-18-9-6-7-10-20-18/h6-7,9-10,15H,8,11-14H2,1-5H3. The van der Waals surface area contributed by atoms with Gasteiger partial charge in [0.15, 0.2) is 0 Å². The highest BCUT2D eigenvalue weighted by atomic mass is 16.5. The van der Waals surface area contributed by atoms with E-state index in [4.69, 9.17) is 9.84 Å². The Morgan fingerprint density at radius 2 is 2.00 bits per heavy atom. The van der Waals surface area contributed by atoms with Crippen molar-refractivity contribution in [2.45, 2.75) is 53.2 Å². The summed E-state index contributed by atoms with van der Waals surface area (Å²) in [6, 6.07) is 6.47. The Kier molecular flexibility index (Phi) is 6.94. The van der Waals surface area contributed by atoms with Crippen LogP contribution in [0.4, 0.5) is 0 Å². The van der Waals surface area contributed by atoms with Crippen LogP contribution in [0, 0.1) is 13.8 Å². The van der Waals surface area contributed by atoms with E-state index >= 15 is 0 Å². The molecule has 0 atom stereocenters. The van der Waals surface area contributed by atoms with Crippen LogP contribution >= 0.6 is 0 Å². The molecule has 0 aliphatic rings. The Balaban J connectivity index is 2.15. The highest BCUT2D eigenvalue weighted by Crippen LogP contribution is 2.20. The van der Waals surface area contributed by atoms with E-state index < -0.39 is 0 Å². The topological polar surface area (TPSA) is 43.2 Å². The molecule has 2 aromatic rings. The molecule has 0 N–H and O–H groups in total. The highest BCUT2D eigenvalue weighted by molar-refractivity contribution is 5.25. The largest absolute Gasteiger partial charge is 0.385 e. The number of rotatable bonds is 9. The van der Waals surface area contributed by atoms with Crippen LogP contribution in [0.1, 0.15) is 49.0 Å². The summed E-state index contributed by atoms with van der Waals surface area (Å²) < 4.78 is 7.34. The molecule has 0 radical (unpaired) electrons. The number of hydrogen-bond donors (Lipinski definition) is 0. The zero-order valence-corrected chi connectivity index (χ0v) is 15.6. The number of aromatic nitrogens is 3. The summed E-state index contributed by atoms with van der Waals surface area (Å²) in [5.74, 6) is 0. The number of aryl methyl sites for hydroxylation is 1. The average molecular weight is 330 g/mol. The van der Waals surface area contributed by atoms with Crippen LogP contribution in [0.5, 0.6) is 0 Å². The number of methoxy groups -OCH3 is 1. The normalized spacial score (nSPS) is 11.6. The van der Waals surface area contributed by atoms with Crippen molar-refractivity contribution in [3.8, 4) is 0 Å². The minimum absolute atomic E-state index is 0.384. The fourth-order valence-corrected chi connectivity index (χ4v) is 3.02. The van der Waals surface area contributed by atoms with Gasteiger partial charge in [0.05, 0.1) is 11.4 Å². The number of hydrogen-bond acceptors (Lipinski definition) is 4. The summed E-state index contributed by atoms with van der Waals surface area (Å²) in [6.45, 7) is 12.1. The van der Waals surface area contributed by atoms with Crippen molar-refractivity contribution in [3.63, 3.8) is 0 Å². The molecule has 0 unspecified atom stereocenters. The maximum Gasteiger partial charge on any atom is 0.0641 e. The zero-order valence-electron chi connectivity index (χ0n) is 15.6. The molecular weight excluding hydrogens is 300 g/mol. The maximum atomic E-state index is 5.22. The fourth-order valence-electron chi connectivity index (χ4n) is 3.02. The summed E-state index contributed by atoms with van der Waals surface area (Å²) in [4.78, 5) is 6.91. The lowest BCUT2D eigenvalue weighted by Gasteiger charge is -2.22. The summed E-state index contributed by atoms with van der Waals surface area (Å²) in [6.07, 6.45) is 2.87. The molecule has 0 aliphatic carbocycles. The van der Waals surface area contributed by atoms with Crippen molar-refractivity contribution in [3.05, 3.63) is 47.0 Å². The van der Waals surface area contributed by atoms with Crippen LogP contribution < -0.4 is 0 Å². The van der Waals surface area contributed by atoms with E-state index in [9.17, 15) is 0 Å². The Bertz CT molecular complexity index is 622. The predicted molar refractivity (Wildman–Crippen MR) is 96.9 cm³/mol. The number of ether oxygens (including phenoxy) is 1. The Morgan fingerprint density at radius 1 is 1.21 bits per heavy atom. The molecule has 0 spiro atoms. The van der Waals surface area contributed by atoms with Gasteiger partial charge in [-0.05, 0) is 46.2 Å². The first-order valence-corrected chi connectivity index (χ1v) is 8.68. The molecule has 2 rings (SSSR count). The molecule has 0 amide bonds. The van der Waals surface area contributed by atoms with Gasteiger partial charge in [-0.25, -0.2) is 0 Å². The minimum Gasteiger partial charge on any atom is -0.385 e. The van der Waals surface area contributed by atoms with Gasteiger partial charge in [-0.15, -0.1) is 0 Å². The van der Waals surface area contributed by atoms with E-state index in [1.165, 1.54) is 11.3 Å². The third-order valence-corrected chi connectivity index (χ3v) is 4.28. The van der Waals surface area contributed by atoms with Crippen molar-refractivity contribution in [2.24, 2.45) is 0 Å². The van der Waals surface area contributed by atoms with Crippen molar-refractivity contribution in [2.75, 3.05) is 20.3 Å². The van der Waals surface area contributed by atoms with Crippen LogP contribution in [-0.2, 0) is 17.8 Å². The van der Waals surface area contributed by atoms with Gasteiger partial charge in [-0.1, -0.05) is 6.07 Å². The molecule has 2 heterocycles. The van der Waals surface area contributed by atoms with E-state index in [1.807, 2.05) is 18.3 Å². The molecular formula is C19H30N4O. The van der Waals surface area contributed by atoms with Crippen LogP contribution in [0.3, 0.4) is 0 Å². The quantitative estimate of drug-likeness (QED) is 0.660. The van der Waals surface area contributed by atoms with E-state index in [1.54, 1.807) is 7.11 Å². The Labute approximate surface area is 145 Å². The van der Waals surface area contributed by atoms with E-state index in [-0.39, 0.29) is 0 Å². The van der Waals surface area contributed by atoms with Crippen LogP contribution in [0.2, 0.25) is 0 Å². The lowest BCUT2D eigenvalue weighted by atomic mass is 10.1. The maximum absolute atomic E-state index is 5.22. The highest BCUT2D eigenvalue weighted by Gasteiger charge is 2.17. The third kappa shape index (κ3) is 4.89. The lowest BCUT2D eigenvalue weighted by Crippen LogP contribution is -2.26. The molecule has 24 heavy (non-hydrogen) atoms. The van der Waals surface area contributed by atoms with Crippen LogP contribution in [0.15, 0.2) is 24.4 Å². The van der Waals surface area contributed by atoms with Gasteiger partial charge in [-0.2, -0.15) is 5.10 Å². The molecule has 0 saturated carbocycles. The molecule has 0 aromatic carbocycles. The van der Waals surface area contributed by atoms with Crippen molar-refractivity contribution >= 4 is 0 Å². The molecule has 5 heteroatoms. The fraction of sp³-hybridized carbons (Fsp3) is 0.579. The molecule has 0 bridgehead atoms. The molecule has 132 valence electrons. The van der Waals surface area contributed by atoms with Gasteiger partial charge in [-0.3, -0.25) is 14.6 Å². The van der Waals surface area contributed by atoms with Crippen molar-refractivity contribution < 1.29 is 4.74 Å². The van der Waals surface area contributed by atoms with Gasteiger partial charge < -0.3 is 4.74 Å². The second kappa shape index (κ2) is 8.94. The van der Waals surface area contributed by atoms with Crippen molar-refractivity contribution in [1.29, 1.82) is 0 Å². The average Bonchev–Trinajstić information content (AvgIpc) is 2.84. The smallest absolute Gasteiger partial charge is 0.0641 e. The van der Waals surface area contributed by atoms with E-state index in [0.29, 0.717) is 6.04 Å². The molecule has 2 aromatic heterocycles. The SMILES string of the molecule is COCCCN(Cc1ccccn1)Cc1c(C)nn(C(C)C)c1C. The molecule has 5 nitrogen and oxygen atoms in total. The number of nitrogens with zero attached hydrogens (tertiary/aromatic N) is 4. The van der Waals surface area contributed by atoms with Gasteiger partial charge in [0.2, 0.25) is 0 Å². The van der Waals surface area contributed by atoms with E-state index in [0.717, 1.165) is 44.0 Å². The summed E-state index contributed by atoms with van der Waals surface area (Å²) in [5, 5.41) is 4.72. The Morgan fingerprint density at radius 3 is 2.58 bits per heavy atom. The van der Waals surface area contributed by atoms with E-state index in [2.05, 4.69) is 48.3 Å². The van der Waals surface area contributed by atoms with Gasteiger partial charge in [0.1, 0.15) is 0 Å². The summed E-state index contributed by atoms with van der Waals surface area (Å²) >= 11 is 0. The first-order valence-electron chi connectivity index (χ1n) is 8.68. The van der Waals surface area contributed by atoms with Crippen molar-refractivity contribution in [1.82, 2.24) is 19.7 Å². The lowest BCUT2D eigenvalue weighted by molar-refractivity contribution is 0.166. The summed E-state index contributed by atoms with van der Waals surface area (Å²) in [7, 11) is 1.75. The number of pyridine rings is 1. The van der Waals surface area contributed by atoms with Gasteiger partial charge in [0.25, 0.3) is 0 Å². The second-order valence-electron chi connectivity index (χ2n) is 6.57. The first kappa shape index (κ1) is 18.6. The molecule has 0 aliphatic heterocycles. The summed E-state index contributed by atoms with van der Waals surface area (Å²) in [5.41, 5.74) is 4.82. The monoisotopic (exact) mass is 330 g/mol.